The molecule has 5 heteroatoms. The highest BCUT2D eigenvalue weighted by Gasteiger charge is 2.41. The van der Waals surface area contributed by atoms with Gasteiger partial charge in [0.1, 0.15) is 6.23 Å². The van der Waals surface area contributed by atoms with Crippen LogP contribution < -0.4 is 5.69 Å². The van der Waals surface area contributed by atoms with Gasteiger partial charge in [0.25, 0.3) is 0 Å². The van der Waals surface area contributed by atoms with Gasteiger partial charge in [0.15, 0.2) is 0 Å². The van der Waals surface area contributed by atoms with Crippen molar-refractivity contribution in [2.45, 2.75) is 73.3 Å². The van der Waals surface area contributed by atoms with Crippen molar-refractivity contribution in [3.05, 3.63) is 27.4 Å². The van der Waals surface area contributed by atoms with Crippen LogP contribution in [0.1, 0.15) is 57.8 Å². The normalized spacial score (nSPS) is 28.3. The number of ether oxygens (including phenoxy) is 2. The molecule has 0 amide bonds. The SMILES string of the molecule is Cc1nc(=O)n([C@@H]2O[C@H](COC(C)(C)C)[C@H](C)C2C)c(C)c1C. The quantitative estimate of drug-likeness (QED) is 0.858. The number of hydrogen-bond acceptors (Lipinski definition) is 4. The molecule has 1 aromatic heterocycles. The smallest absolute Gasteiger partial charge is 0.350 e. The maximum Gasteiger partial charge on any atom is 0.350 e. The maximum absolute atomic E-state index is 12.4. The van der Waals surface area contributed by atoms with Crippen molar-refractivity contribution in [2.24, 2.45) is 11.8 Å². The Morgan fingerprint density at radius 3 is 2.35 bits per heavy atom. The lowest BCUT2D eigenvalue weighted by atomic mass is 9.92. The molecule has 1 aromatic rings. The predicted molar refractivity (Wildman–Crippen MR) is 90.7 cm³/mol. The number of aromatic nitrogens is 2. The second kappa shape index (κ2) is 6.36. The van der Waals surface area contributed by atoms with Gasteiger partial charge in [-0.25, -0.2) is 4.79 Å². The molecule has 1 fully saturated rings. The molecule has 23 heavy (non-hydrogen) atoms. The van der Waals surface area contributed by atoms with Crippen LogP contribution in [0.15, 0.2) is 4.79 Å². The molecule has 2 heterocycles. The Balaban J connectivity index is 2.29. The van der Waals surface area contributed by atoms with E-state index in [-0.39, 0.29) is 29.5 Å². The summed E-state index contributed by atoms with van der Waals surface area (Å²) in [5.74, 6) is 0.541. The fourth-order valence-electron chi connectivity index (χ4n) is 3.01. The van der Waals surface area contributed by atoms with Gasteiger partial charge in [-0.15, -0.1) is 0 Å². The Morgan fingerprint density at radius 2 is 1.78 bits per heavy atom. The van der Waals surface area contributed by atoms with Crippen molar-refractivity contribution >= 4 is 0 Å². The van der Waals surface area contributed by atoms with Crippen molar-refractivity contribution in [3.8, 4) is 0 Å². The molecule has 1 unspecified atom stereocenters. The first-order valence-electron chi connectivity index (χ1n) is 8.38. The van der Waals surface area contributed by atoms with Crippen LogP contribution in [0, 0.1) is 32.6 Å². The van der Waals surface area contributed by atoms with Gasteiger partial charge in [-0.3, -0.25) is 4.57 Å². The third-order valence-corrected chi connectivity index (χ3v) is 5.03. The molecule has 0 spiro atoms. The van der Waals surface area contributed by atoms with Crippen molar-refractivity contribution < 1.29 is 9.47 Å². The van der Waals surface area contributed by atoms with Crippen LogP contribution in [-0.4, -0.2) is 27.9 Å². The number of aryl methyl sites for hydroxylation is 1. The van der Waals surface area contributed by atoms with Crippen LogP contribution in [0.2, 0.25) is 0 Å². The fraction of sp³-hybridized carbons (Fsp3) is 0.778. The molecule has 0 radical (unpaired) electrons. The van der Waals surface area contributed by atoms with E-state index >= 15 is 0 Å². The molecule has 0 aliphatic carbocycles. The topological polar surface area (TPSA) is 53.4 Å². The van der Waals surface area contributed by atoms with Crippen molar-refractivity contribution in [1.82, 2.24) is 9.55 Å². The van der Waals surface area contributed by atoms with E-state index in [0.29, 0.717) is 12.5 Å². The molecule has 0 N–H and O–H groups in total. The van der Waals surface area contributed by atoms with Crippen molar-refractivity contribution in [3.63, 3.8) is 0 Å². The summed E-state index contributed by atoms with van der Waals surface area (Å²) in [6, 6.07) is 0. The molecular weight excluding hydrogens is 292 g/mol. The number of hydrogen-bond donors (Lipinski definition) is 0. The number of nitrogens with zero attached hydrogens (tertiary/aromatic N) is 2. The van der Waals surface area contributed by atoms with Crippen molar-refractivity contribution in [2.75, 3.05) is 6.61 Å². The van der Waals surface area contributed by atoms with Gasteiger partial charge in [-0.1, -0.05) is 13.8 Å². The summed E-state index contributed by atoms with van der Waals surface area (Å²) in [6.07, 6.45) is -0.292. The van der Waals surface area contributed by atoms with E-state index in [4.69, 9.17) is 9.47 Å². The first kappa shape index (κ1) is 18.1. The minimum Gasteiger partial charge on any atom is -0.373 e. The van der Waals surface area contributed by atoms with Crippen LogP contribution in [0.3, 0.4) is 0 Å². The van der Waals surface area contributed by atoms with Crippen LogP contribution in [0.25, 0.3) is 0 Å². The van der Waals surface area contributed by atoms with Gasteiger partial charge in [-0.2, -0.15) is 4.98 Å². The average molecular weight is 322 g/mol. The maximum atomic E-state index is 12.4. The zero-order valence-corrected chi connectivity index (χ0v) is 15.6. The largest absolute Gasteiger partial charge is 0.373 e. The van der Waals surface area contributed by atoms with Gasteiger partial charge >= 0.3 is 5.69 Å². The van der Waals surface area contributed by atoms with Crippen LogP contribution in [0.5, 0.6) is 0 Å². The molecule has 5 nitrogen and oxygen atoms in total. The standard InChI is InChI=1S/C18H30N2O3/c1-10-11(2)16(23-15(10)9-22-18(6,7)8)20-14(5)12(3)13(4)19-17(20)21/h10-11,15-16H,9H2,1-8H3/t10-,11?,15-,16-/m1/s1. The highest BCUT2D eigenvalue weighted by molar-refractivity contribution is 5.22. The third-order valence-electron chi connectivity index (χ3n) is 5.03. The molecule has 2 rings (SSSR count). The molecule has 4 atom stereocenters. The zero-order chi connectivity index (χ0) is 17.5. The Labute approximate surface area is 139 Å². The summed E-state index contributed by atoms with van der Waals surface area (Å²) in [7, 11) is 0. The minimum absolute atomic E-state index is 0.0119. The molecule has 130 valence electrons. The molecule has 1 aliphatic rings. The van der Waals surface area contributed by atoms with Gasteiger partial charge < -0.3 is 9.47 Å². The highest BCUT2D eigenvalue weighted by atomic mass is 16.6. The first-order chi connectivity index (χ1) is 10.5. The van der Waals surface area contributed by atoms with Gasteiger partial charge in [0.05, 0.1) is 18.3 Å². The fourth-order valence-corrected chi connectivity index (χ4v) is 3.01. The summed E-state index contributed by atoms with van der Waals surface area (Å²) in [4.78, 5) is 16.6. The lowest BCUT2D eigenvalue weighted by Crippen LogP contribution is -2.33. The predicted octanol–water partition coefficient (Wildman–Crippen LogP) is 3.15. The van der Waals surface area contributed by atoms with Crippen molar-refractivity contribution in [1.29, 1.82) is 0 Å². The van der Waals surface area contributed by atoms with E-state index in [0.717, 1.165) is 17.0 Å². The molecule has 0 aromatic carbocycles. The molecule has 1 aliphatic heterocycles. The van der Waals surface area contributed by atoms with E-state index in [1.165, 1.54) is 0 Å². The lowest BCUT2D eigenvalue weighted by Gasteiger charge is -2.24. The third kappa shape index (κ3) is 3.66. The van der Waals surface area contributed by atoms with E-state index in [9.17, 15) is 4.79 Å². The summed E-state index contributed by atoms with van der Waals surface area (Å²) in [5, 5.41) is 0. The summed E-state index contributed by atoms with van der Waals surface area (Å²) < 4.78 is 13.8. The Bertz CT molecular complexity index is 630. The average Bonchev–Trinajstić information content (AvgIpc) is 2.70. The van der Waals surface area contributed by atoms with Crippen LogP contribution in [-0.2, 0) is 9.47 Å². The second-order valence-corrected chi connectivity index (χ2v) is 7.77. The molecule has 1 saturated heterocycles. The van der Waals surface area contributed by atoms with E-state index in [1.54, 1.807) is 4.57 Å². The highest BCUT2D eigenvalue weighted by Crippen LogP contribution is 2.39. The van der Waals surface area contributed by atoms with E-state index in [1.807, 2.05) is 41.5 Å². The minimum atomic E-state index is -0.280. The summed E-state index contributed by atoms with van der Waals surface area (Å²) in [6.45, 7) is 16.8. The molecule has 0 saturated carbocycles. The van der Waals surface area contributed by atoms with Gasteiger partial charge in [0, 0.05) is 17.3 Å². The Morgan fingerprint density at radius 1 is 1.17 bits per heavy atom. The van der Waals surface area contributed by atoms with Gasteiger partial charge in [0.2, 0.25) is 0 Å². The zero-order valence-electron chi connectivity index (χ0n) is 15.6. The number of rotatable bonds is 3. The monoisotopic (exact) mass is 322 g/mol. The molecular formula is C18H30N2O3. The second-order valence-electron chi connectivity index (χ2n) is 7.77. The lowest BCUT2D eigenvalue weighted by molar-refractivity contribution is -0.0914. The van der Waals surface area contributed by atoms with Gasteiger partial charge in [-0.05, 0) is 53.0 Å². The van der Waals surface area contributed by atoms with E-state index < -0.39 is 0 Å². The first-order valence-corrected chi connectivity index (χ1v) is 8.38. The molecule has 0 bridgehead atoms. The Hall–Kier alpha value is -1.20. The Kier molecular flexibility index (Phi) is 5.02. The van der Waals surface area contributed by atoms with Crippen LogP contribution >= 0.6 is 0 Å². The van der Waals surface area contributed by atoms with Crippen LogP contribution in [0.4, 0.5) is 0 Å². The van der Waals surface area contributed by atoms with E-state index in [2.05, 4.69) is 18.8 Å². The summed E-state index contributed by atoms with van der Waals surface area (Å²) in [5.41, 5.74) is 2.34. The summed E-state index contributed by atoms with van der Waals surface area (Å²) >= 11 is 0.